The maximum absolute atomic E-state index is 12.9. The molecule has 3 aromatic carbocycles. The zero-order valence-electron chi connectivity index (χ0n) is 14.8. The van der Waals surface area contributed by atoms with E-state index in [9.17, 15) is 14.4 Å². The maximum atomic E-state index is 12.9. The molecule has 0 fully saturated rings. The Hall–Kier alpha value is -3.58. The number of anilines is 1. The van der Waals surface area contributed by atoms with Gasteiger partial charge in [0.25, 0.3) is 11.8 Å². The molecular formula is C22H11BrN2O4. The number of aromatic nitrogens is 1. The summed E-state index contributed by atoms with van der Waals surface area (Å²) in [6.07, 6.45) is 0. The van der Waals surface area contributed by atoms with Crippen molar-refractivity contribution >= 4 is 44.3 Å². The largest absolute Gasteiger partial charge is 0.403 e. The molecule has 7 heteroatoms. The highest BCUT2D eigenvalue weighted by Gasteiger charge is 2.37. The summed E-state index contributed by atoms with van der Waals surface area (Å²) in [7, 11) is 0. The normalized spacial score (nSPS) is 13.2. The minimum atomic E-state index is -0.509. The van der Waals surface area contributed by atoms with Crippen LogP contribution >= 0.6 is 15.9 Å². The Morgan fingerprint density at radius 1 is 0.828 bits per heavy atom. The van der Waals surface area contributed by atoms with Gasteiger partial charge in [0.1, 0.15) is 0 Å². The summed E-state index contributed by atoms with van der Waals surface area (Å²) in [6.45, 7) is 0. The van der Waals surface area contributed by atoms with Gasteiger partial charge in [-0.05, 0) is 54.6 Å². The zero-order valence-corrected chi connectivity index (χ0v) is 16.3. The highest BCUT2D eigenvalue weighted by Crippen LogP contribution is 2.32. The Labute approximate surface area is 172 Å². The average molecular weight is 447 g/mol. The van der Waals surface area contributed by atoms with Gasteiger partial charge < -0.3 is 4.42 Å². The second-order valence-corrected chi connectivity index (χ2v) is 7.42. The Bertz CT molecular complexity index is 1380. The first-order chi connectivity index (χ1) is 14.0. The number of imide groups is 1. The van der Waals surface area contributed by atoms with E-state index in [1.807, 2.05) is 0 Å². The van der Waals surface area contributed by atoms with Crippen LogP contribution in [-0.2, 0) is 0 Å². The smallest absolute Gasteiger partial charge is 0.347 e. The van der Waals surface area contributed by atoms with E-state index in [-0.39, 0.29) is 11.5 Å². The van der Waals surface area contributed by atoms with E-state index < -0.39 is 17.4 Å². The van der Waals surface area contributed by atoms with Gasteiger partial charge in [-0.2, -0.15) is 0 Å². The van der Waals surface area contributed by atoms with Gasteiger partial charge >= 0.3 is 5.63 Å². The van der Waals surface area contributed by atoms with E-state index in [0.717, 1.165) is 9.37 Å². The van der Waals surface area contributed by atoms with Gasteiger partial charge in [0.15, 0.2) is 0 Å². The summed E-state index contributed by atoms with van der Waals surface area (Å²) >= 11 is 3.34. The predicted molar refractivity (Wildman–Crippen MR) is 111 cm³/mol. The first-order valence-electron chi connectivity index (χ1n) is 8.71. The highest BCUT2D eigenvalue weighted by molar-refractivity contribution is 9.10. The number of amides is 2. The minimum absolute atomic E-state index is 0.0961. The number of hydrogen-bond acceptors (Lipinski definition) is 5. The molecule has 1 aromatic heterocycles. The minimum Gasteiger partial charge on any atom is -0.403 e. The Morgan fingerprint density at radius 3 is 2.34 bits per heavy atom. The van der Waals surface area contributed by atoms with E-state index in [4.69, 9.17) is 4.42 Å². The van der Waals surface area contributed by atoms with Crippen molar-refractivity contribution in [2.75, 3.05) is 4.90 Å². The second-order valence-electron chi connectivity index (χ2n) is 6.51. The van der Waals surface area contributed by atoms with Gasteiger partial charge in [-0.3, -0.25) is 9.59 Å². The number of carbonyl (C=O) groups excluding carboxylic acids is 2. The molecule has 1 aliphatic rings. The number of fused-ring (bicyclic) bond motifs is 2. The number of halogens is 1. The number of benzene rings is 3. The number of rotatable bonds is 2. The molecule has 1 aliphatic heterocycles. The molecule has 2 amide bonds. The van der Waals surface area contributed by atoms with Gasteiger partial charge in [0, 0.05) is 10.0 Å². The average Bonchev–Trinajstić information content (AvgIpc) is 2.99. The summed E-state index contributed by atoms with van der Waals surface area (Å²) in [6, 6.07) is 18.5. The van der Waals surface area contributed by atoms with E-state index >= 15 is 0 Å². The van der Waals surface area contributed by atoms with Crippen LogP contribution in [0.3, 0.4) is 0 Å². The molecule has 0 aliphatic carbocycles. The van der Waals surface area contributed by atoms with Gasteiger partial charge in [0.2, 0.25) is 5.89 Å². The molecule has 4 aromatic rings. The standard InChI is InChI=1S/C22H11BrN2O4/c23-13-6-8-14(9-7-13)25-20(26)15-10-5-12(11-17(15)21(25)27)19-24-18-4-2-1-3-16(18)22(28)29-19/h1-11H. The Kier molecular flexibility index (Phi) is 3.92. The number of nitrogens with zero attached hydrogens (tertiary/aromatic N) is 2. The fourth-order valence-corrected chi connectivity index (χ4v) is 3.61. The number of hydrogen-bond donors (Lipinski definition) is 0. The third kappa shape index (κ3) is 2.78. The molecule has 0 unspecified atom stereocenters. The number of para-hydroxylation sites is 1. The van der Waals surface area contributed by atoms with Crippen molar-refractivity contribution in [2.24, 2.45) is 0 Å². The van der Waals surface area contributed by atoms with Gasteiger partial charge in [0.05, 0.1) is 27.7 Å². The topological polar surface area (TPSA) is 80.5 Å². The van der Waals surface area contributed by atoms with Crippen molar-refractivity contribution in [3.8, 4) is 11.5 Å². The van der Waals surface area contributed by atoms with Crippen LogP contribution in [0.5, 0.6) is 0 Å². The first-order valence-corrected chi connectivity index (χ1v) is 9.51. The van der Waals surface area contributed by atoms with E-state index in [0.29, 0.717) is 27.7 Å². The number of carbonyl (C=O) groups is 2. The summed E-state index contributed by atoms with van der Waals surface area (Å²) in [5.74, 6) is -0.733. The van der Waals surface area contributed by atoms with Gasteiger partial charge in [-0.15, -0.1) is 0 Å². The molecule has 0 saturated heterocycles. The molecule has 2 heterocycles. The van der Waals surface area contributed by atoms with Crippen molar-refractivity contribution < 1.29 is 14.0 Å². The zero-order chi connectivity index (χ0) is 20.1. The van der Waals surface area contributed by atoms with E-state index in [2.05, 4.69) is 20.9 Å². The summed E-state index contributed by atoms with van der Waals surface area (Å²) in [5.41, 5.74) is 1.46. The second kappa shape index (κ2) is 6.49. The van der Waals surface area contributed by atoms with Crippen LogP contribution in [0.25, 0.3) is 22.4 Å². The SMILES string of the molecule is O=C1c2ccc(-c3nc4ccccc4c(=O)o3)cc2C(=O)N1c1ccc(Br)cc1. The molecule has 5 rings (SSSR count). The Morgan fingerprint density at radius 2 is 1.55 bits per heavy atom. The maximum Gasteiger partial charge on any atom is 0.347 e. The monoisotopic (exact) mass is 446 g/mol. The van der Waals surface area contributed by atoms with Gasteiger partial charge in [-0.1, -0.05) is 28.1 Å². The molecular weight excluding hydrogens is 436 g/mol. The van der Waals surface area contributed by atoms with E-state index in [1.165, 1.54) is 6.07 Å². The predicted octanol–water partition coefficient (Wildman–Crippen LogP) is 4.42. The van der Waals surface area contributed by atoms with Crippen LogP contribution in [0.4, 0.5) is 5.69 Å². The molecule has 6 nitrogen and oxygen atoms in total. The fraction of sp³-hybridized carbons (Fsp3) is 0. The molecule has 0 spiro atoms. The van der Waals surface area contributed by atoms with Crippen LogP contribution in [0.2, 0.25) is 0 Å². The molecule has 29 heavy (non-hydrogen) atoms. The summed E-state index contributed by atoms with van der Waals surface area (Å²) in [4.78, 5) is 43.5. The van der Waals surface area contributed by atoms with Crippen LogP contribution in [-0.4, -0.2) is 16.8 Å². The third-order valence-electron chi connectivity index (χ3n) is 4.75. The van der Waals surface area contributed by atoms with Crippen molar-refractivity contribution in [1.82, 2.24) is 4.98 Å². The lowest BCUT2D eigenvalue weighted by molar-refractivity contribution is 0.0926. The van der Waals surface area contributed by atoms with Gasteiger partial charge in [-0.25, -0.2) is 14.7 Å². The lowest BCUT2D eigenvalue weighted by Crippen LogP contribution is -2.29. The summed E-state index contributed by atoms with van der Waals surface area (Å²) in [5, 5.41) is 0.380. The van der Waals surface area contributed by atoms with E-state index in [1.54, 1.807) is 60.7 Å². The van der Waals surface area contributed by atoms with Crippen LogP contribution in [0, 0.1) is 0 Å². The summed E-state index contributed by atoms with van der Waals surface area (Å²) < 4.78 is 6.19. The molecule has 0 radical (unpaired) electrons. The molecule has 0 saturated carbocycles. The molecule has 0 N–H and O–H groups in total. The first kappa shape index (κ1) is 17.5. The lowest BCUT2D eigenvalue weighted by atomic mass is 10.1. The molecule has 140 valence electrons. The van der Waals surface area contributed by atoms with Crippen molar-refractivity contribution in [2.45, 2.75) is 0 Å². The van der Waals surface area contributed by atoms with Crippen LogP contribution < -0.4 is 10.5 Å². The third-order valence-corrected chi connectivity index (χ3v) is 5.28. The molecule has 0 atom stereocenters. The Balaban J connectivity index is 1.60. The van der Waals surface area contributed by atoms with Crippen molar-refractivity contribution in [3.63, 3.8) is 0 Å². The highest BCUT2D eigenvalue weighted by atomic mass is 79.9. The van der Waals surface area contributed by atoms with Crippen LogP contribution in [0.15, 0.2) is 80.4 Å². The quantitative estimate of drug-likeness (QED) is 0.425. The van der Waals surface area contributed by atoms with Crippen LogP contribution in [0.1, 0.15) is 20.7 Å². The van der Waals surface area contributed by atoms with Crippen molar-refractivity contribution in [3.05, 3.63) is 92.7 Å². The molecule has 0 bridgehead atoms. The van der Waals surface area contributed by atoms with Crippen molar-refractivity contribution in [1.29, 1.82) is 0 Å². The fourth-order valence-electron chi connectivity index (χ4n) is 3.34. The lowest BCUT2D eigenvalue weighted by Gasteiger charge is -2.13.